The van der Waals surface area contributed by atoms with Crippen molar-refractivity contribution >= 4 is 29.2 Å². The Balaban J connectivity index is 2.61. The highest BCUT2D eigenvalue weighted by molar-refractivity contribution is 7.99. The van der Waals surface area contributed by atoms with Crippen molar-refractivity contribution in [1.29, 1.82) is 0 Å². The van der Waals surface area contributed by atoms with Crippen molar-refractivity contribution < 1.29 is 5.11 Å². The monoisotopic (exact) mass is 246 g/mol. The number of aliphatic hydroxyl groups is 1. The number of thioether (sulfide) groups is 1. The smallest absolute Gasteiger partial charge is 0.131 e. The molecule has 0 bridgehead atoms. The Morgan fingerprint density at radius 2 is 2.33 bits per heavy atom. The quantitative estimate of drug-likeness (QED) is 0.783. The first kappa shape index (κ1) is 12.6. The van der Waals surface area contributed by atoms with Gasteiger partial charge < -0.3 is 10.4 Å². The van der Waals surface area contributed by atoms with Crippen LogP contribution in [0.25, 0.3) is 0 Å². The van der Waals surface area contributed by atoms with Crippen LogP contribution < -0.4 is 5.32 Å². The average molecular weight is 247 g/mol. The van der Waals surface area contributed by atoms with Crippen LogP contribution in [0.3, 0.4) is 0 Å². The molecule has 0 saturated heterocycles. The van der Waals surface area contributed by atoms with Crippen LogP contribution in [-0.2, 0) is 0 Å². The predicted molar refractivity (Wildman–Crippen MR) is 66.7 cm³/mol. The number of pyridine rings is 1. The van der Waals surface area contributed by atoms with Crippen molar-refractivity contribution in [3.63, 3.8) is 0 Å². The van der Waals surface area contributed by atoms with Gasteiger partial charge in [-0.2, -0.15) is 11.8 Å². The highest BCUT2D eigenvalue weighted by Gasteiger charge is 2.15. The van der Waals surface area contributed by atoms with E-state index in [0.717, 1.165) is 5.82 Å². The van der Waals surface area contributed by atoms with Gasteiger partial charge in [-0.15, -0.1) is 0 Å². The first-order valence-electron chi connectivity index (χ1n) is 4.70. The highest BCUT2D eigenvalue weighted by Crippen LogP contribution is 2.16. The molecule has 1 heterocycles. The zero-order chi connectivity index (χ0) is 11.3. The second-order valence-electron chi connectivity index (χ2n) is 3.24. The molecule has 15 heavy (non-hydrogen) atoms. The highest BCUT2D eigenvalue weighted by atomic mass is 35.5. The average Bonchev–Trinajstić information content (AvgIpc) is 2.19. The van der Waals surface area contributed by atoms with Crippen LogP contribution >= 0.6 is 23.4 Å². The van der Waals surface area contributed by atoms with Gasteiger partial charge in [0.15, 0.2) is 0 Å². The summed E-state index contributed by atoms with van der Waals surface area (Å²) >= 11 is 7.40. The van der Waals surface area contributed by atoms with E-state index in [1.165, 1.54) is 0 Å². The minimum Gasteiger partial charge on any atom is -0.395 e. The lowest BCUT2D eigenvalue weighted by atomic mass is 10.2. The lowest BCUT2D eigenvalue weighted by Gasteiger charge is -2.21. The second-order valence-corrected chi connectivity index (χ2v) is 4.70. The third-order valence-electron chi connectivity index (χ3n) is 2.13. The molecular weight excluding hydrogens is 232 g/mol. The number of hydrogen-bond donors (Lipinski definition) is 2. The lowest BCUT2D eigenvalue weighted by Crippen LogP contribution is -2.31. The number of aliphatic hydroxyl groups excluding tert-OH is 1. The molecule has 3 nitrogen and oxygen atoms in total. The minimum absolute atomic E-state index is 0.149. The summed E-state index contributed by atoms with van der Waals surface area (Å²) in [6.07, 6.45) is 1.98. The Labute approximate surface area is 99.2 Å². The number of anilines is 1. The molecule has 2 atom stereocenters. The second kappa shape index (κ2) is 6.20. The molecule has 84 valence electrons. The van der Waals surface area contributed by atoms with E-state index >= 15 is 0 Å². The third-order valence-corrected chi connectivity index (χ3v) is 3.50. The number of nitrogens with one attached hydrogen (secondary N) is 1. The van der Waals surface area contributed by atoms with Gasteiger partial charge in [-0.05, 0) is 25.3 Å². The Hall–Kier alpha value is -0.450. The van der Waals surface area contributed by atoms with E-state index in [1.807, 2.05) is 25.3 Å². The molecule has 2 N–H and O–H groups in total. The van der Waals surface area contributed by atoms with Crippen LogP contribution in [0, 0.1) is 0 Å². The number of nitrogens with zero attached hydrogens (tertiary/aromatic N) is 1. The molecule has 0 radical (unpaired) electrons. The number of halogens is 1. The summed E-state index contributed by atoms with van der Waals surface area (Å²) in [4.78, 5) is 4.13. The van der Waals surface area contributed by atoms with Crippen molar-refractivity contribution in [2.75, 3.05) is 18.2 Å². The summed E-state index contributed by atoms with van der Waals surface area (Å²) in [5, 5.41) is 13.0. The van der Waals surface area contributed by atoms with Crippen molar-refractivity contribution in [2.24, 2.45) is 0 Å². The number of hydrogen-bond acceptors (Lipinski definition) is 4. The summed E-state index contributed by atoms with van der Waals surface area (Å²) in [6, 6.07) is 5.58. The SMILES string of the molecule is CSC(CO)C(C)Nc1cccc(Cl)n1. The molecule has 1 rings (SSSR count). The molecule has 0 spiro atoms. The molecule has 1 aromatic heterocycles. The fourth-order valence-electron chi connectivity index (χ4n) is 1.25. The van der Waals surface area contributed by atoms with Crippen LogP contribution in [0.15, 0.2) is 18.2 Å². The zero-order valence-electron chi connectivity index (χ0n) is 8.77. The van der Waals surface area contributed by atoms with Crippen LogP contribution in [-0.4, -0.2) is 34.2 Å². The number of aromatic nitrogens is 1. The summed E-state index contributed by atoms with van der Waals surface area (Å²) < 4.78 is 0. The van der Waals surface area contributed by atoms with Gasteiger partial charge in [0, 0.05) is 11.3 Å². The molecule has 1 aromatic rings. The molecule has 0 saturated carbocycles. The Morgan fingerprint density at radius 3 is 2.87 bits per heavy atom. The van der Waals surface area contributed by atoms with Gasteiger partial charge in [0.05, 0.1) is 6.61 Å². The van der Waals surface area contributed by atoms with Crippen molar-refractivity contribution in [3.8, 4) is 0 Å². The van der Waals surface area contributed by atoms with E-state index in [4.69, 9.17) is 16.7 Å². The molecule has 5 heteroatoms. The van der Waals surface area contributed by atoms with Gasteiger partial charge in [-0.3, -0.25) is 0 Å². The molecule has 0 aliphatic rings. The summed E-state index contributed by atoms with van der Waals surface area (Å²) in [6.45, 7) is 2.16. The van der Waals surface area contributed by atoms with Crippen LogP contribution in [0.4, 0.5) is 5.82 Å². The predicted octanol–water partition coefficient (Wildman–Crippen LogP) is 2.26. The molecule has 0 aliphatic carbocycles. The van der Waals surface area contributed by atoms with E-state index in [9.17, 15) is 0 Å². The topological polar surface area (TPSA) is 45.1 Å². The molecule has 0 aliphatic heterocycles. The van der Waals surface area contributed by atoms with Crippen LogP contribution in [0.2, 0.25) is 5.15 Å². The Bertz CT molecular complexity index is 307. The van der Waals surface area contributed by atoms with Crippen LogP contribution in [0.1, 0.15) is 6.92 Å². The first-order valence-corrected chi connectivity index (χ1v) is 6.36. The van der Waals surface area contributed by atoms with Gasteiger partial charge >= 0.3 is 0 Å². The largest absolute Gasteiger partial charge is 0.395 e. The van der Waals surface area contributed by atoms with E-state index in [-0.39, 0.29) is 17.9 Å². The van der Waals surface area contributed by atoms with Gasteiger partial charge in [-0.25, -0.2) is 4.98 Å². The van der Waals surface area contributed by atoms with Crippen molar-refractivity contribution in [1.82, 2.24) is 4.98 Å². The van der Waals surface area contributed by atoms with Crippen molar-refractivity contribution in [3.05, 3.63) is 23.4 Å². The molecule has 2 unspecified atom stereocenters. The van der Waals surface area contributed by atoms with Crippen molar-refractivity contribution in [2.45, 2.75) is 18.2 Å². The van der Waals surface area contributed by atoms with Gasteiger partial charge in [-0.1, -0.05) is 17.7 Å². The minimum atomic E-state index is 0.149. The molecule has 0 aromatic carbocycles. The molecule has 0 fully saturated rings. The fourth-order valence-corrected chi connectivity index (χ4v) is 2.04. The van der Waals surface area contributed by atoms with E-state index in [2.05, 4.69) is 10.3 Å². The zero-order valence-corrected chi connectivity index (χ0v) is 10.3. The molecular formula is C10H15ClN2OS. The normalized spacial score (nSPS) is 14.7. The van der Waals surface area contributed by atoms with Gasteiger partial charge in [0.2, 0.25) is 0 Å². The summed E-state index contributed by atoms with van der Waals surface area (Å²) in [5.74, 6) is 0.738. The van der Waals surface area contributed by atoms with E-state index in [0.29, 0.717) is 5.15 Å². The van der Waals surface area contributed by atoms with Crippen LogP contribution in [0.5, 0.6) is 0 Å². The lowest BCUT2D eigenvalue weighted by molar-refractivity contribution is 0.288. The summed E-state index contributed by atoms with van der Waals surface area (Å²) in [5.41, 5.74) is 0. The standard InChI is InChI=1S/C10H15ClN2OS/c1-7(8(6-14)15-2)12-10-5-3-4-9(11)13-10/h3-5,7-8,14H,6H2,1-2H3,(H,12,13). The fraction of sp³-hybridized carbons (Fsp3) is 0.500. The first-order chi connectivity index (χ1) is 7.17. The van der Waals surface area contributed by atoms with E-state index < -0.39 is 0 Å². The molecule has 0 amide bonds. The van der Waals surface area contributed by atoms with Gasteiger partial charge in [0.25, 0.3) is 0 Å². The maximum atomic E-state index is 9.12. The van der Waals surface area contributed by atoms with Gasteiger partial charge in [0.1, 0.15) is 11.0 Å². The Morgan fingerprint density at radius 1 is 1.60 bits per heavy atom. The maximum absolute atomic E-state index is 9.12. The third kappa shape index (κ3) is 3.89. The Kier molecular flexibility index (Phi) is 5.22. The maximum Gasteiger partial charge on any atom is 0.131 e. The van der Waals surface area contributed by atoms with E-state index in [1.54, 1.807) is 17.8 Å². The number of rotatable bonds is 5. The summed E-state index contributed by atoms with van der Waals surface area (Å²) in [7, 11) is 0.